The molecule has 1 heterocycles. The van der Waals surface area contributed by atoms with E-state index < -0.39 is 0 Å². The van der Waals surface area contributed by atoms with Gasteiger partial charge in [0.15, 0.2) is 0 Å². The van der Waals surface area contributed by atoms with Gasteiger partial charge in [-0.05, 0) is 43.9 Å². The predicted molar refractivity (Wildman–Crippen MR) is 88.9 cm³/mol. The first-order valence-electron chi connectivity index (χ1n) is 7.66. The zero-order valence-electron chi connectivity index (χ0n) is 13.1. The number of thiazole rings is 1. The van der Waals surface area contributed by atoms with Crippen molar-refractivity contribution >= 4 is 11.3 Å². The fourth-order valence-corrected chi connectivity index (χ4v) is 4.14. The van der Waals surface area contributed by atoms with Crippen molar-refractivity contribution in [1.82, 2.24) is 4.98 Å². The van der Waals surface area contributed by atoms with Gasteiger partial charge in [-0.2, -0.15) is 0 Å². The number of aryl methyl sites for hydroxylation is 2. The highest BCUT2D eigenvalue weighted by atomic mass is 32.1. The number of rotatable bonds is 5. The molecule has 0 aliphatic heterocycles. The van der Waals surface area contributed by atoms with Gasteiger partial charge in [0.05, 0.1) is 24.9 Å². The highest BCUT2D eigenvalue weighted by Crippen LogP contribution is 2.32. The zero-order chi connectivity index (χ0) is 15.5. The van der Waals surface area contributed by atoms with E-state index in [1.54, 1.807) is 14.2 Å². The Morgan fingerprint density at radius 2 is 2.05 bits per heavy atom. The van der Waals surface area contributed by atoms with E-state index in [1.165, 1.54) is 29.8 Å². The molecule has 1 aliphatic carbocycles. The quantitative estimate of drug-likeness (QED) is 0.919. The van der Waals surface area contributed by atoms with Gasteiger partial charge >= 0.3 is 0 Å². The maximum Gasteiger partial charge on any atom is 0.123 e. The molecule has 1 atom stereocenters. The molecule has 1 unspecified atom stereocenters. The average molecular weight is 318 g/mol. The topological polar surface area (TPSA) is 57.4 Å². The van der Waals surface area contributed by atoms with Crippen LogP contribution in [0.5, 0.6) is 11.5 Å². The minimum atomic E-state index is -0.141. The molecule has 3 rings (SSSR count). The molecule has 0 saturated carbocycles. The lowest BCUT2D eigenvalue weighted by atomic mass is 10.0. The number of hydrogen-bond acceptors (Lipinski definition) is 5. The summed E-state index contributed by atoms with van der Waals surface area (Å²) in [5.41, 5.74) is 8.67. The van der Waals surface area contributed by atoms with Crippen molar-refractivity contribution in [2.45, 2.75) is 38.1 Å². The monoisotopic (exact) mass is 318 g/mol. The molecular weight excluding hydrogens is 296 g/mol. The van der Waals surface area contributed by atoms with E-state index in [-0.39, 0.29) is 6.04 Å². The zero-order valence-corrected chi connectivity index (χ0v) is 13.9. The summed E-state index contributed by atoms with van der Waals surface area (Å²) in [4.78, 5) is 6.23. The van der Waals surface area contributed by atoms with Gasteiger partial charge in [0, 0.05) is 22.9 Å². The second kappa shape index (κ2) is 6.67. The number of nitrogens with two attached hydrogens (primary N) is 1. The fourth-order valence-electron chi connectivity index (χ4n) is 2.92. The molecule has 0 saturated heterocycles. The molecule has 1 aromatic carbocycles. The minimum absolute atomic E-state index is 0.141. The Hall–Kier alpha value is -1.59. The van der Waals surface area contributed by atoms with Crippen molar-refractivity contribution in [1.29, 1.82) is 0 Å². The molecule has 0 bridgehead atoms. The van der Waals surface area contributed by atoms with Crippen LogP contribution >= 0.6 is 11.3 Å². The van der Waals surface area contributed by atoms with Crippen LogP contribution in [0.1, 0.15) is 40.0 Å². The molecule has 5 heteroatoms. The molecule has 118 valence electrons. The number of benzene rings is 1. The van der Waals surface area contributed by atoms with Crippen molar-refractivity contribution in [2.75, 3.05) is 14.2 Å². The molecule has 0 spiro atoms. The second-order valence-corrected chi connectivity index (χ2v) is 6.77. The molecule has 4 nitrogen and oxygen atoms in total. The predicted octanol–water partition coefficient (Wildman–Crippen LogP) is 3.28. The molecule has 0 radical (unpaired) electrons. The Kier molecular flexibility index (Phi) is 4.64. The van der Waals surface area contributed by atoms with Crippen LogP contribution in [0.15, 0.2) is 18.2 Å². The number of ether oxygens (including phenoxy) is 2. The Morgan fingerprint density at radius 3 is 2.77 bits per heavy atom. The molecule has 0 amide bonds. The Balaban J connectivity index is 1.81. The van der Waals surface area contributed by atoms with Gasteiger partial charge < -0.3 is 15.2 Å². The fraction of sp³-hybridized carbons (Fsp3) is 0.471. The molecule has 1 aliphatic rings. The van der Waals surface area contributed by atoms with Gasteiger partial charge in [0.1, 0.15) is 11.5 Å². The third-order valence-electron chi connectivity index (χ3n) is 4.12. The standard InChI is InChI=1S/C17H22N2O2S/c1-20-11-7-8-15(21-2)12(9-11)13(18)10-17-19-14-5-3-4-6-16(14)22-17/h7-9,13H,3-6,10,18H2,1-2H3. The van der Waals surface area contributed by atoms with Gasteiger partial charge in [0.25, 0.3) is 0 Å². The second-order valence-electron chi connectivity index (χ2n) is 5.60. The van der Waals surface area contributed by atoms with Crippen LogP contribution in [-0.2, 0) is 19.3 Å². The summed E-state index contributed by atoms with van der Waals surface area (Å²) in [6.45, 7) is 0. The van der Waals surface area contributed by atoms with E-state index in [9.17, 15) is 0 Å². The summed E-state index contributed by atoms with van der Waals surface area (Å²) in [7, 11) is 3.33. The molecule has 1 aromatic heterocycles. The van der Waals surface area contributed by atoms with Crippen LogP contribution in [0.4, 0.5) is 0 Å². The van der Waals surface area contributed by atoms with E-state index in [0.717, 1.165) is 34.9 Å². The minimum Gasteiger partial charge on any atom is -0.497 e. The lowest BCUT2D eigenvalue weighted by molar-refractivity contribution is 0.395. The largest absolute Gasteiger partial charge is 0.497 e. The summed E-state index contributed by atoms with van der Waals surface area (Å²) in [5.74, 6) is 1.60. The number of fused-ring (bicyclic) bond motifs is 1. The third kappa shape index (κ3) is 3.10. The molecule has 0 fully saturated rings. The van der Waals surface area contributed by atoms with Crippen molar-refractivity contribution in [3.8, 4) is 11.5 Å². The number of hydrogen-bond donors (Lipinski definition) is 1. The van der Waals surface area contributed by atoms with Gasteiger partial charge in [-0.25, -0.2) is 4.98 Å². The maximum atomic E-state index is 6.42. The van der Waals surface area contributed by atoms with E-state index in [0.29, 0.717) is 0 Å². The highest BCUT2D eigenvalue weighted by Gasteiger charge is 2.19. The van der Waals surface area contributed by atoms with Crippen LogP contribution in [-0.4, -0.2) is 19.2 Å². The first kappa shape index (κ1) is 15.3. The number of methoxy groups -OCH3 is 2. The van der Waals surface area contributed by atoms with E-state index in [1.807, 2.05) is 29.5 Å². The Labute approximate surface area is 135 Å². The van der Waals surface area contributed by atoms with Crippen LogP contribution in [0, 0.1) is 0 Å². The molecule has 22 heavy (non-hydrogen) atoms. The first-order valence-corrected chi connectivity index (χ1v) is 8.48. The highest BCUT2D eigenvalue weighted by molar-refractivity contribution is 7.11. The van der Waals surface area contributed by atoms with Crippen LogP contribution < -0.4 is 15.2 Å². The van der Waals surface area contributed by atoms with Crippen LogP contribution in [0.3, 0.4) is 0 Å². The SMILES string of the molecule is COc1ccc(OC)c(C(N)Cc2nc3c(s2)CCCC3)c1. The maximum absolute atomic E-state index is 6.42. The van der Waals surface area contributed by atoms with Gasteiger partial charge in [-0.1, -0.05) is 0 Å². The van der Waals surface area contributed by atoms with Crippen molar-refractivity contribution < 1.29 is 9.47 Å². The van der Waals surface area contributed by atoms with E-state index >= 15 is 0 Å². The average Bonchev–Trinajstić information content (AvgIpc) is 2.96. The van der Waals surface area contributed by atoms with Crippen molar-refractivity contribution in [3.63, 3.8) is 0 Å². The summed E-state index contributed by atoms with van der Waals surface area (Å²) in [6, 6.07) is 5.60. The lowest BCUT2D eigenvalue weighted by Crippen LogP contribution is -2.14. The molecule has 2 N–H and O–H groups in total. The molecular formula is C17H22N2O2S. The first-order chi connectivity index (χ1) is 10.7. The number of aromatic nitrogens is 1. The third-order valence-corrected chi connectivity index (χ3v) is 5.30. The summed E-state index contributed by atoms with van der Waals surface area (Å²) in [5, 5.41) is 1.13. The van der Waals surface area contributed by atoms with Gasteiger partial charge in [-0.3, -0.25) is 0 Å². The summed E-state index contributed by atoms with van der Waals surface area (Å²) < 4.78 is 10.7. The van der Waals surface area contributed by atoms with Crippen LogP contribution in [0.2, 0.25) is 0 Å². The van der Waals surface area contributed by atoms with Crippen molar-refractivity contribution in [3.05, 3.63) is 39.3 Å². The molecule has 2 aromatic rings. The summed E-state index contributed by atoms with van der Waals surface area (Å²) >= 11 is 1.82. The Morgan fingerprint density at radius 1 is 1.23 bits per heavy atom. The smallest absolute Gasteiger partial charge is 0.123 e. The van der Waals surface area contributed by atoms with E-state index in [4.69, 9.17) is 20.2 Å². The van der Waals surface area contributed by atoms with Crippen LogP contribution in [0.25, 0.3) is 0 Å². The van der Waals surface area contributed by atoms with Gasteiger partial charge in [0.2, 0.25) is 0 Å². The van der Waals surface area contributed by atoms with Crippen molar-refractivity contribution in [2.24, 2.45) is 5.73 Å². The lowest BCUT2D eigenvalue weighted by Gasteiger charge is -2.15. The van der Waals surface area contributed by atoms with Gasteiger partial charge in [-0.15, -0.1) is 11.3 Å². The Bertz CT molecular complexity index is 631. The van der Waals surface area contributed by atoms with E-state index in [2.05, 4.69) is 0 Å². The normalized spacial score (nSPS) is 15.2. The number of nitrogens with zero attached hydrogens (tertiary/aromatic N) is 1. The summed E-state index contributed by atoms with van der Waals surface area (Å²) in [6.07, 6.45) is 5.56.